The van der Waals surface area contributed by atoms with Gasteiger partial charge >= 0.3 is 5.97 Å². The van der Waals surface area contributed by atoms with Crippen molar-refractivity contribution < 1.29 is 18.7 Å². The van der Waals surface area contributed by atoms with Gasteiger partial charge in [0.1, 0.15) is 0 Å². The Morgan fingerprint density at radius 3 is 2.76 bits per heavy atom. The van der Waals surface area contributed by atoms with E-state index in [0.29, 0.717) is 0 Å². The minimum atomic E-state index is -1.87. The first-order valence-electron chi connectivity index (χ1n) is 4.96. The Morgan fingerprint density at radius 2 is 2.18 bits per heavy atom. The van der Waals surface area contributed by atoms with E-state index in [0.717, 1.165) is 12.1 Å². The maximum Gasteiger partial charge on any atom is 0.357 e. The van der Waals surface area contributed by atoms with Crippen LogP contribution >= 0.6 is 0 Å². The van der Waals surface area contributed by atoms with Crippen molar-refractivity contribution >= 4 is 5.97 Å². The molecule has 5 heteroatoms. The minimum Gasteiger partial charge on any atom is -0.476 e. The van der Waals surface area contributed by atoms with E-state index in [4.69, 9.17) is 5.11 Å². The number of carboxylic acids is 1. The Balaban J connectivity index is 2.47. The van der Waals surface area contributed by atoms with E-state index in [1.807, 2.05) is 0 Å². The number of halogens is 2. The van der Waals surface area contributed by atoms with Gasteiger partial charge < -0.3 is 5.11 Å². The van der Waals surface area contributed by atoms with Crippen LogP contribution in [0.5, 0.6) is 0 Å². The van der Waals surface area contributed by atoms with Crippen LogP contribution in [0.3, 0.4) is 0 Å². The van der Waals surface area contributed by atoms with Gasteiger partial charge in [0.15, 0.2) is 17.2 Å². The molecule has 1 aliphatic rings. The van der Waals surface area contributed by atoms with Crippen LogP contribution in [0.25, 0.3) is 0 Å². The molecule has 1 aromatic rings. The van der Waals surface area contributed by atoms with Gasteiger partial charge in [0.25, 0.3) is 0 Å². The Bertz CT molecular complexity index is 525. The minimum absolute atomic E-state index is 0.0567. The maximum atomic E-state index is 14.4. The molecule has 1 heterocycles. The Kier molecular flexibility index (Phi) is 2.75. The van der Waals surface area contributed by atoms with E-state index in [1.165, 1.54) is 12.2 Å². The van der Waals surface area contributed by atoms with Crippen LogP contribution in [0.2, 0.25) is 0 Å². The fourth-order valence-corrected chi connectivity index (χ4v) is 1.61. The number of carboxylic acid groups (broad SMARTS) is 1. The van der Waals surface area contributed by atoms with E-state index < -0.39 is 23.1 Å². The number of aromatic carboxylic acids is 1. The van der Waals surface area contributed by atoms with E-state index in [1.54, 1.807) is 12.2 Å². The molecule has 0 aliphatic heterocycles. The van der Waals surface area contributed by atoms with Crippen LogP contribution in [0.1, 0.15) is 22.6 Å². The van der Waals surface area contributed by atoms with Gasteiger partial charge in [0.2, 0.25) is 0 Å². The van der Waals surface area contributed by atoms with Crippen LogP contribution in [0.15, 0.2) is 36.4 Å². The number of carbonyl (C=O) groups is 1. The molecule has 17 heavy (non-hydrogen) atoms. The highest BCUT2D eigenvalue weighted by Crippen LogP contribution is 2.33. The van der Waals surface area contributed by atoms with Crippen LogP contribution in [-0.2, 0) is 5.67 Å². The molecular weight excluding hydrogens is 228 g/mol. The molecule has 1 unspecified atom stereocenters. The van der Waals surface area contributed by atoms with Crippen molar-refractivity contribution in [2.75, 3.05) is 0 Å². The van der Waals surface area contributed by atoms with E-state index in [-0.39, 0.29) is 12.1 Å². The first-order valence-corrected chi connectivity index (χ1v) is 4.96. The van der Waals surface area contributed by atoms with E-state index in [9.17, 15) is 13.6 Å². The number of nitrogens with zero attached hydrogens (tertiary/aromatic N) is 1. The summed E-state index contributed by atoms with van der Waals surface area (Å²) >= 11 is 0. The summed E-state index contributed by atoms with van der Waals surface area (Å²) in [5.74, 6) is -2.48. The summed E-state index contributed by atoms with van der Waals surface area (Å²) in [7, 11) is 0. The number of hydrogen-bond donors (Lipinski definition) is 1. The second-order valence-corrected chi connectivity index (χ2v) is 3.69. The third kappa shape index (κ3) is 2.08. The zero-order chi connectivity index (χ0) is 12.5. The average Bonchev–Trinajstić information content (AvgIpc) is 2.30. The van der Waals surface area contributed by atoms with Crippen molar-refractivity contribution in [1.82, 2.24) is 4.98 Å². The molecule has 0 bridgehead atoms. The quantitative estimate of drug-likeness (QED) is 0.860. The van der Waals surface area contributed by atoms with Gasteiger partial charge in [0.05, 0.1) is 5.69 Å². The molecule has 0 aromatic carbocycles. The molecule has 0 fully saturated rings. The van der Waals surface area contributed by atoms with Gasteiger partial charge in [-0.1, -0.05) is 18.2 Å². The molecule has 0 radical (unpaired) electrons. The summed E-state index contributed by atoms with van der Waals surface area (Å²) in [4.78, 5) is 14.2. The second kappa shape index (κ2) is 4.08. The number of rotatable bonds is 2. The molecule has 0 amide bonds. The van der Waals surface area contributed by atoms with Gasteiger partial charge in [-0.05, 0) is 18.2 Å². The van der Waals surface area contributed by atoms with Crippen molar-refractivity contribution in [2.24, 2.45) is 0 Å². The van der Waals surface area contributed by atoms with Crippen LogP contribution in [0, 0.1) is 5.82 Å². The highest BCUT2D eigenvalue weighted by atomic mass is 19.1. The molecule has 0 saturated heterocycles. The lowest BCUT2D eigenvalue weighted by Gasteiger charge is -2.21. The molecule has 0 spiro atoms. The summed E-state index contributed by atoms with van der Waals surface area (Å²) < 4.78 is 27.5. The first kappa shape index (κ1) is 11.4. The number of hydrogen-bond acceptors (Lipinski definition) is 2. The summed E-state index contributed by atoms with van der Waals surface area (Å²) in [6, 6.07) is 2.07. The molecule has 1 aliphatic carbocycles. The number of allylic oxidation sites excluding steroid dienone is 4. The van der Waals surface area contributed by atoms with Gasteiger partial charge in [0, 0.05) is 6.42 Å². The predicted molar refractivity (Wildman–Crippen MR) is 56.8 cm³/mol. The standard InChI is InChI=1S/C12H9F2NO2/c13-8-4-5-9(15-10(8)11(16)17)12(14)6-2-1-3-7-12/h1-6H,7H2,(H,16,17). The molecule has 1 aromatic heterocycles. The van der Waals surface area contributed by atoms with Gasteiger partial charge in [-0.15, -0.1) is 0 Å². The molecule has 1 N–H and O–H groups in total. The zero-order valence-corrected chi connectivity index (χ0v) is 8.73. The van der Waals surface area contributed by atoms with Crippen LogP contribution in [-0.4, -0.2) is 16.1 Å². The van der Waals surface area contributed by atoms with Gasteiger partial charge in [-0.2, -0.15) is 0 Å². The fraction of sp³-hybridized carbons (Fsp3) is 0.167. The topological polar surface area (TPSA) is 50.2 Å². The third-order valence-electron chi connectivity index (χ3n) is 2.50. The molecular formula is C12H9F2NO2. The summed E-state index contributed by atoms with van der Waals surface area (Å²) in [6.07, 6.45) is 6.12. The molecule has 88 valence electrons. The summed E-state index contributed by atoms with van der Waals surface area (Å²) in [5, 5.41) is 8.72. The zero-order valence-electron chi connectivity index (χ0n) is 8.73. The van der Waals surface area contributed by atoms with Crippen molar-refractivity contribution in [3.63, 3.8) is 0 Å². The van der Waals surface area contributed by atoms with Gasteiger partial charge in [-0.25, -0.2) is 18.6 Å². The van der Waals surface area contributed by atoms with E-state index in [2.05, 4.69) is 4.98 Å². The largest absolute Gasteiger partial charge is 0.476 e. The highest BCUT2D eigenvalue weighted by Gasteiger charge is 2.31. The lowest BCUT2D eigenvalue weighted by molar-refractivity contribution is 0.0683. The smallest absolute Gasteiger partial charge is 0.357 e. The van der Waals surface area contributed by atoms with Crippen molar-refractivity contribution in [2.45, 2.75) is 12.1 Å². The second-order valence-electron chi connectivity index (χ2n) is 3.69. The maximum absolute atomic E-state index is 14.4. The lowest BCUT2D eigenvalue weighted by atomic mass is 9.93. The Morgan fingerprint density at radius 1 is 1.41 bits per heavy atom. The van der Waals surface area contributed by atoms with E-state index >= 15 is 0 Å². The van der Waals surface area contributed by atoms with Crippen LogP contribution < -0.4 is 0 Å². The Labute approximate surface area is 96.1 Å². The average molecular weight is 237 g/mol. The predicted octanol–water partition coefficient (Wildman–Crippen LogP) is 2.60. The van der Waals surface area contributed by atoms with Crippen molar-refractivity contribution in [3.8, 4) is 0 Å². The lowest BCUT2D eigenvalue weighted by Crippen LogP contribution is -2.21. The van der Waals surface area contributed by atoms with Crippen molar-refractivity contribution in [3.05, 3.63) is 53.6 Å². The Hall–Kier alpha value is -2.04. The molecule has 0 saturated carbocycles. The summed E-state index contributed by atoms with van der Waals surface area (Å²) in [6.45, 7) is 0. The van der Waals surface area contributed by atoms with Crippen LogP contribution in [0.4, 0.5) is 8.78 Å². The number of alkyl halides is 1. The summed E-state index contributed by atoms with van der Waals surface area (Å²) in [5.41, 5.74) is -2.73. The molecule has 2 rings (SSSR count). The van der Waals surface area contributed by atoms with Gasteiger partial charge in [-0.3, -0.25) is 0 Å². The SMILES string of the molecule is O=C(O)c1nc(C2(F)C=CC=CC2)ccc1F. The fourth-order valence-electron chi connectivity index (χ4n) is 1.61. The number of pyridine rings is 1. The molecule has 3 nitrogen and oxygen atoms in total. The highest BCUT2D eigenvalue weighted by molar-refractivity contribution is 5.85. The molecule has 1 atom stereocenters. The number of aromatic nitrogens is 1. The first-order chi connectivity index (χ1) is 8.03. The normalized spacial score (nSPS) is 22.7. The monoisotopic (exact) mass is 237 g/mol. The van der Waals surface area contributed by atoms with Crippen molar-refractivity contribution in [1.29, 1.82) is 0 Å². The third-order valence-corrected chi connectivity index (χ3v) is 2.50.